The normalized spacial score (nSPS) is 16.4. The van der Waals surface area contributed by atoms with Crippen molar-refractivity contribution >= 4 is 41.2 Å². The van der Waals surface area contributed by atoms with Gasteiger partial charge in [-0.15, -0.1) is 11.8 Å². The first-order valence-electron chi connectivity index (χ1n) is 10.3. The molecule has 1 fully saturated rings. The molecule has 1 aliphatic rings. The molecule has 0 spiro atoms. The zero-order valence-corrected chi connectivity index (χ0v) is 20.0. The van der Waals surface area contributed by atoms with Crippen LogP contribution < -0.4 is 11.1 Å². The molecule has 1 saturated heterocycles. The van der Waals surface area contributed by atoms with Crippen LogP contribution in [0, 0.1) is 5.41 Å². The topological polar surface area (TPSA) is 139 Å². The first-order chi connectivity index (χ1) is 14.9. The van der Waals surface area contributed by atoms with Crippen molar-refractivity contribution in [3.8, 4) is 0 Å². The number of hydrogen-bond acceptors (Lipinski definition) is 7. The van der Waals surface area contributed by atoms with Crippen molar-refractivity contribution in [2.45, 2.75) is 53.1 Å². The smallest absolute Gasteiger partial charge is 0.327 e. The van der Waals surface area contributed by atoms with Gasteiger partial charge in [0.05, 0.1) is 12.5 Å². The van der Waals surface area contributed by atoms with Gasteiger partial charge in [-0.2, -0.15) is 0 Å². The third-order valence-electron chi connectivity index (χ3n) is 4.48. The van der Waals surface area contributed by atoms with Crippen LogP contribution in [0.15, 0.2) is 24.3 Å². The van der Waals surface area contributed by atoms with Crippen molar-refractivity contribution in [3.63, 3.8) is 0 Å². The Morgan fingerprint density at radius 3 is 2.47 bits per heavy atom. The molecule has 10 heteroatoms. The molecule has 0 bridgehead atoms. The molecule has 0 aromatic heterocycles. The van der Waals surface area contributed by atoms with Crippen LogP contribution in [0.25, 0.3) is 0 Å². The molecule has 0 radical (unpaired) electrons. The summed E-state index contributed by atoms with van der Waals surface area (Å²) in [5, 5.41) is 11.5. The fourth-order valence-electron chi connectivity index (χ4n) is 2.64. The lowest BCUT2D eigenvalue weighted by molar-refractivity contribution is -0.147. The quantitative estimate of drug-likeness (QED) is 0.541. The van der Waals surface area contributed by atoms with E-state index in [1.807, 2.05) is 45.0 Å². The summed E-state index contributed by atoms with van der Waals surface area (Å²) in [7, 11) is 0. The van der Waals surface area contributed by atoms with Gasteiger partial charge in [-0.25, -0.2) is 4.79 Å². The Bertz CT molecular complexity index is 804. The molecule has 1 heterocycles. The Hall–Kier alpha value is -2.59. The maximum absolute atomic E-state index is 12.0. The molecule has 1 aliphatic heterocycles. The number of nitrogens with one attached hydrogen (secondary N) is 1. The SMILES string of the molecule is CC(=O)N1CSC[C@@H]1C(=O)O.CCOC(=O)C(N)Cc1cccc(NC(=O)C(C)(C)C)c1. The number of hydrogen-bond donors (Lipinski definition) is 3. The summed E-state index contributed by atoms with van der Waals surface area (Å²) < 4.78 is 4.88. The van der Waals surface area contributed by atoms with E-state index in [9.17, 15) is 19.2 Å². The number of thioether (sulfide) groups is 1. The Morgan fingerprint density at radius 2 is 1.97 bits per heavy atom. The zero-order valence-electron chi connectivity index (χ0n) is 19.2. The Kier molecular flexibility index (Phi) is 10.7. The molecule has 2 rings (SSSR count). The molecule has 9 nitrogen and oxygen atoms in total. The van der Waals surface area contributed by atoms with Crippen molar-refractivity contribution in [1.82, 2.24) is 4.90 Å². The number of benzene rings is 1. The van der Waals surface area contributed by atoms with E-state index in [4.69, 9.17) is 15.6 Å². The highest BCUT2D eigenvalue weighted by Gasteiger charge is 2.32. The number of aliphatic carboxylic acids is 1. The molecular weight excluding hydrogens is 434 g/mol. The lowest BCUT2D eigenvalue weighted by Gasteiger charge is -2.18. The lowest BCUT2D eigenvalue weighted by atomic mass is 9.95. The molecule has 1 aromatic carbocycles. The van der Waals surface area contributed by atoms with E-state index in [1.54, 1.807) is 6.92 Å². The van der Waals surface area contributed by atoms with Crippen molar-refractivity contribution in [2.24, 2.45) is 11.1 Å². The van der Waals surface area contributed by atoms with Crippen molar-refractivity contribution in [2.75, 3.05) is 23.6 Å². The number of carboxylic acid groups (broad SMARTS) is 1. The van der Waals surface area contributed by atoms with Gasteiger partial charge in [0, 0.05) is 23.8 Å². The van der Waals surface area contributed by atoms with Crippen LogP contribution in [-0.4, -0.2) is 64.1 Å². The standard InChI is InChI=1S/C16H24N2O3.C6H9NO3S/c1-5-21-14(19)13(17)10-11-7-6-8-12(9-11)18-15(20)16(2,3)4;1-4(8)7-3-11-2-5(7)6(9)10/h6-9,13H,5,10,17H2,1-4H3,(H,18,20);5H,2-3H2,1H3,(H,9,10)/t;5-/m.1/s1. The minimum atomic E-state index is -0.912. The number of ether oxygens (including phenoxy) is 1. The van der Waals surface area contributed by atoms with Crippen LogP contribution in [0.4, 0.5) is 5.69 Å². The number of carbonyl (C=O) groups is 4. The summed E-state index contributed by atoms with van der Waals surface area (Å²) in [5.74, 6) is -0.537. The largest absolute Gasteiger partial charge is 0.480 e. The number of anilines is 1. The predicted octanol–water partition coefficient (Wildman–Crippen LogP) is 2.10. The number of rotatable bonds is 6. The third kappa shape index (κ3) is 8.88. The second-order valence-corrected chi connectivity index (χ2v) is 9.31. The number of amides is 2. The second kappa shape index (κ2) is 12.4. The van der Waals surface area contributed by atoms with E-state index in [2.05, 4.69) is 5.32 Å². The van der Waals surface area contributed by atoms with E-state index in [0.717, 1.165) is 5.56 Å². The van der Waals surface area contributed by atoms with E-state index in [-0.39, 0.29) is 11.8 Å². The van der Waals surface area contributed by atoms with E-state index in [1.165, 1.54) is 23.6 Å². The average molecular weight is 468 g/mol. The van der Waals surface area contributed by atoms with Crippen LogP contribution >= 0.6 is 11.8 Å². The zero-order chi connectivity index (χ0) is 24.5. The van der Waals surface area contributed by atoms with Crippen LogP contribution in [-0.2, 0) is 30.3 Å². The highest BCUT2D eigenvalue weighted by Crippen LogP contribution is 2.21. The molecule has 0 aliphatic carbocycles. The summed E-state index contributed by atoms with van der Waals surface area (Å²) in [5.41, 5.74) is 6.91. The third-order valence-corrected chi connectivity index (χ3v) is 5.50. The van der Waals surface area contributed by atoms with Crippen LogP contribution in [0.1, 0.15) is 40.2 Å². The number of carbonyl (C=O) groups excluding carboxylic acids is 3. The van der Waals surface area contributed by atoms with Gasteiger partial charge in [-0.1, -0.05) is 32.9 Å². The first-order valence-corrected chi connectivity index (χ1v) is 11.4. The average Bonchev–Trinajstić information content (AvgIpc) is 3.19. The molecule has 178 valence electrons. The van der Waals surface area contributed by atoms with Gasteiger partial charge in [-0.3, -0.25) is 14.4 Å². The summed E-state index contributed by atoms with van der Waals surface area (Å²) in [6.07, 6.45) is 0.373. The Morgan fingerprint density at radius 1 is 1.31 bits per heavy atom. The molecule has 2 atom stereocenters. The van der Waals surface area contributed by atoms with Crippen LogP contribution in [0.5, 0.6) is 0 Å². The predicted molar refractivity (Wildman–Crippen MR) is 124 cm³/mol. The van der Waals surface area contributed by atoms with Gasteiger partial charge in [0.2, 0.25) is 11.8 Å². The van der Waals surface area contributed by atoms with E-state index in [0.29, 0.717) is 30.3 Å². The molecule has 2 amide bonds. The summed E-state index contributed by atoms with van der Waals surface area (Å²) >= 11 is 1.47. The van der Waals surface area contributed by atoms with Gasteiger partial charge >= 0.3 is 11.9 Å². The summed E-state index contributed by atoms with van der Waals surface area (Å²) in [6.45, 7) is 9.00. The lowest BCUT2D eigenvalue weighted by Crippen LogP contribution is -2.40. The molecular formula is C22H33N3O6S. The monoisotopic (exact) mass is 467 g/mol. The van der Waals surface area contributed by atoms with Gasteiger partial charge < -0.3 is 25.8 Å². The highest BCUT2D eigenvalue weighted by molar-refractivity contribution is 7.99. The maximum atomic E-state index is 12.0. The fraction of sp³-hybridized carbons (Fsp3) is 0.545. The van der Waals surface area contributed by atoms with E-state index < -0.39 is 29.4 Å². The maximum Gasteiger partial charge on any atom is 0.327 e. The minimum Gasteiger partial charge on any atom is -0.480 e. The second-order valence-electron chi connectivity index (χ2n) is 8.31. The summed E-state index contributed by atoms with van der Waals surface area (Å²) in [6, 6.07) is 6.01. The molecule has 1 unspecified atom stereocenters. The number of nitrogens with two attached hydrogens (primary N) is 1. The Balaban J connectivity index is 0.000000389. The highest BCUT2D eigenvalue weighted by atomic mass is 32.2. The summed E-state index contributed by atoms with van der Waals surface area (Å²) in [4.78, 5) is 46.2. The van der Waals surface area contributed by atoms with Crippen molar-refractivity contribution in [3.05, 3.63) is 29.8 Å². The first kappa shape index (κ1) is 27.4. The van der Waals surface area contributed by atoms with Gasteiger partial charge in [0.1, 0.15) is 12.1 Å². The van der Waals surface area contributed by atoms with Crippen molar-refractivity contribution in [1.29, 1.82) is 0 Å². The Labute approximate surface area is 193 Å². The van der Waals surface area contributed by atoms with Gasteiger partial charge in [0.15, 0.2) is 0 Å². The molecule has 4 N–H and O–H groups in total. The van der Waals surface area contributed by atoms with Crippen molar-refractivity contribution < 1.29 is 29.0 Å². The minimum absolute atomic E-state index is 0.0608. The number of nitrogens with zero attached hydrogens (tertiary/aromatic N) is 1. The van der Waals surface area contributed by atoms with Gasteiger partial charge in [0.25, 0.3) is 0 Å². The van der Waals surface area contributed by atoms with Gasteiger partial charge in [-0.05, 0) is 31.0 Å². The molecule has 1 aromatic rings. The molecule has 32 heavy (non-hydrogen) atoms. The fourth-order valence-corrected chi connectivity index (χ4v) is 3.85. The number of esters is 1. The number of carboxylic acids is 1. The van der Waals surface area contributed by atoms with Crippen LogP contribution in [0.3, 0.4) is 0 Å². The van der Waals surface area contributed by atoms with E-state index >= 15 is 0 Å². The van der Waals surface area contributed by atoms with Crippen LogP contribution in [0.2, 0.25) is 0 Å². The molecule has 0 saturated carbocycles.